The minimum absolute atomic E-state index is 0.0779. The zero-order valence-corrected chi connectivity index (χ0v) is 34.5. The van der Waals surface area contributed by atoms with E-state index in [-0.39, 0.29) is 80.7 Å². The smallest absolute Gasteiger partial charge is 0.383 e. The van der Waals surface area contributed by atoms with Gasteiger partial charge in [0.05, 0.1) is 64.1 Å². The second-order valence-electron chi connectivity index (χ2n) is 14.9. The van der Waals surface area contributed by atoms with Crippen LogP contribution >= 0.6 is 0 Å². The maximum Gasteiger partial charge on any atom is 0.417 e. The van der Waals surface area contributed by atoms with Gasteiger partial charge in [0, 0.05) is 55.9 Å². The second kappa shape index (κ2) is 19.1. The van der Waals surface area contributed by atoms with Crippen molar-refractivity contribution in [3.8, 4) is 6.07 Å². The molecule has 15 nitrogen and oxygen atoms in total. The molecule has 1 aliphatic rings. The lowest BCUT2D eigenvalue weighted by molar-refractivity contribution is -0.138. The van der Waals surface area contributed by atoms with Gasteiger partial charge in [0.2, 0.25) is 5.91 Å². The van der Waals surface area contributed by atoms with E-state index in [0.717, 1.165) is 19.1 Å². The number of hydrogen-bond donors (Lipinski definition) is 4. The van der Waals surface area contributed by atoms with Crippen LogP contribution in [-0.4, -0.2) is 109 Å². The van der Waals surface area contributed by atoms with Crippen LogP contribution in [-0.2, 0) is 36.8 Å². The average molecular weight is 892 g/mol. The van der Waals surface area contributed by atoms with Crippen LogP contribution in [0.25, 0.3) is 10.8 Å². The number of aromatic nitrogens is 2. The number of piperazine rings is 1. The highest BCUT2D eigenvalue weighted by atomic mass is 32.2. The fourth-order valence-corrected chi connectivity index (χ4v) is 8.47. The van der Waals surface area contributed by atoms with Crippen LogP contribution in [0.1, 0.15) is 46.1 Å². The largest absolute Gasteiger partial charge is 0.417 e. The van der Waals surface area contributed by atoms with Gasteiger partial charge in [-0.2, -0.15) is 23.5 Å². The molecule has 1 aromatic heterocycles. The number of sulfone groups is 1. The molecule has 1 fully saturated rings. The molecule has 4 N–H and O–H groups in total. The van der Waals surface area contributed by atoms with Gasteiger partial charge in [-0.3, -0.25) is 19.2 Å². The van der Waals surface area contributed by atoms with Crippen molar-refractivity contribution < 1.29 is 50.2 Å². The number of H-pyrrole nitrogens is 1. The highest BCUT2D eigenvalue weighted by Gasteiger charge is 2.38. The summed E-state index contributed by atoms with van der Waals surface area (Å²) in [7, 11) is -4.27. The molecule has 4 aromatic carbocycles. The number of nitrogens with zero attached hydrogens (tertiary/aromatic N) is 4. The molecule has 1 aliphatic heterocycles. The van der Waals surface area contributed by atoms with Gasteiger partial charge in [-0.25, -0.2) is 17.9 Å². The number of alkyl halides is 3. The van der Waals surface area contributed by atoms with Crippen molar-refractivity contribution in [3.05, 3.63) is 129 Å². The van der Waals surface area contributed by atoms with Gasteiger partial charge < -0.3 is 30.3 Å². The fourth-order valence-electron chi connectivity index (χ4n) is 6.88. The molecule has 0 radical (unpaired) electrons. The fraction of sp³-hybridized carbons (Fsp3) is 0.302. The zero-order valence-electron chi connectivity index (χ0n) is 33.7. The number of benzene rings is 4. The SMILES string of the molecule is CC(O)(CS(=O)(=O)c1ccc(NCCOCCC(=O)N2CCN(C(=O)c3cc(Cc4n[nH]c(=O)c5ccccc45)ccc3F)CC2)cc1)C(=O)Nc1ccc(C#N)c(C(F)(F)F)c1. The first-order valence-corrected chi connectivity index (χ1v) is 21.1. The summed E-state index contributed by atoms with van der Waals surface area (Å²) in [6, 6.07) is 20.4. The van der Waals surface area contributed by atoms with Crippen LogP contribution in [0.15, 0.2) is 94.6 Å². The number of hydrogen-bond acceptors (Lipinski definition) is 11. The number of carbonyl (C=O) groups excluding carboxylic acids is 3. The Balaban J connectivity index is 0.905. The van der Waals surface area contributed by atoms with E-state index in [0.29, 0.717) is 33.8 Å². The Bertz CT molecular complexity index is 2730. The Hall–Kier alpha value is -6.69. The lowest BCUT2D eigenvalue weighted by atomic mass is 10.0. The maximum absolute atomic E-state index is 14.9. The van der Waals surface area contributed by atoms with Gasteiger partial charge in [-0.15, -0.1) is 0 Å². The van der Waals surface area contributed by atoms with Gasteiger partial charge >= 0.3 is 6.18 Å². The summed E-state index contributed by atoms with van der Waals surface area (Å²) in [5.74, 6) is -3.72. The second-order valence-corrected chi connectivity index (χ2v) is 16.9. The summed E-state index contributed by atoms with van der Waals surface area (Å²) in [5, 5.41) is 32.6. The first-order chi connectivity index (χ1) is 29.9. The molecule has 2 heterocycles. The number of halogens is 4. The Morgan fingerprint density at radius 3 is 2.27 bits per heavy atom. The highest BCUT2D eigenvalue weighted by molar-refractivity contribution is 7.91. The van der Waals surface area contributed by atoms with Gasteiger partial charge in [0.25, 0.3) is 17.4 Å². The quantitative estimate of drug-likeness (QED) is 0.0848. The summed E-state index contributed by atoms with van der Waals surface area (Å²) in [6.45, 7) is 2.41. The molecule has 3 amide bonds. The number of rotatable bonds is 15. The molecule has 0 spiro atoms. The van der Waals surface area contributed by atoms with Crippen LogP contribution < -0.4 is 16.2 Å². The van der Waals surface area contributed by atoms with Crippen molar-refractivity contribution in [2.45, 2.75) is 36.4 Å². The standard InChI is InChI=1S/C43H41F4N7O8S/c1-42(59,41(58)50-30-8-7-28(25-48)35(24-30)43(45,46)47)26-63(60,61)31-11-9-29(10-12-31)49-15-21-62-20-14-38(55)53-16-18-54(19-17-53)40(57)34-22-27(6-13-36(34)44)23-37-32-4-2-3-5-33(32)39(56)52-51-37/h2-13,22,24,49,59H,14-21,23,26H2,1H3,(H,50,58)(H,52,56). The van der Waals surface area contributed by atoms with E-state index < -0.39 is 61.8 Å². The number of nitrogens with one attached hydrogen (secondary N) is 3. The third-order valence-corrected chi connectivity index (χ3v) is 12.2. The van der Waals surface area contributed by atoms with Crippen molar-refractivity contribution in [3.63, 3.8) is 0 Å². The number of aliphatic hydroxyl groups is 1. The molecular weight excluding hydrogens is 851 g/mol. The molecule has 0 aliphatic carbocycles. The number of ether oxygens (including phenoxy) is 1. The van der Waals surface area contributed by atoms with Crippen molar-refractivity contribution in [2.75, 3.05) is 62.3 Å². The van der Waals surface area contributed by atoms with Crippen LogP contribution in [0.3, 0.4) is 0 Å². The summed E-state index contributed by atoms with van der Waals surface area (Å²) >= 11 is 0. The van der Waals surface area contributed by atoms with Crippen LogP contribution in [0.4, 0.5) is 28.9 Å². The third kappa shape index (κ3) is 11.2. The zero-order chi connectivity index (χ0) is 45.5. The van der Waals surface area contributed by atoms with Crippen molar-refractivity contribution in [1.29, 1.82) is 5.26 Å². The Labute approximate surface area is 358 Å². The van der Waals surface area contributed by atoms with Gasteiger partial charge in [-0.1, -0.05) is 24.3 Å². The minimum atomic E-state index is -4.90. The molecule has 20 heteroatoms. The van der Waals surface area contributed by atoms with E-state index >= 15 is 0 Å². The van der Waals surface area contributed by atoms with Crippen molar-refractivity contribution in [1.82, 2.24) is 20.0 Å². The van der Waals surface area contributed by atoms with Crippen LogP contribution in [0.2, 0.25) is 0 Å². The third-order valence-electron chi connectivity index (χ3n) is 10.2. The lowest BCUT2D eigenvalue weighted by Gasteiger charge is -2.35. The predicted molar refractivity (Wildman–Crippen MR) is 222 cm³/mol. The van der Waals surface area contributed by atoms with Crippen LogP contribution in [0, 0.1) is 17.1 Å². The lowest BCUT2D eigenvalue weighted by Crippen LogP contribution is -2.50. The van der Waals surface area contributed by atoms with Gasteiger partial charge in [0.15, 0.2) is 15.4 Å². The molecule has 0 saturated carbocycles. The number of anilines is 2. The summed E-state index contributed by atoms with van der Waals surface area (Å²) in [4.78, 5) is 54.0. The maximum atomic E-state index is 14.9. The van der Waals surface area contributed by atoms with E-state index in [2.05, 4.69) is 20.8 Å². The van der Waals surface area contributed by atoms with Gasteiger partial charge in [-0.05, 0) is 73.2 Å². The van der Waals surface area contributed by atoms with Crippen LogP contribution in [0.5, 0.6) is 0 Å². The number of aromatic amines is 1. The number of amides is 3. The molecule has 1 saturated heterocycles. The van der Waals surface area contributed by atoms with E-state index in [9.17, 15) is 50.3 Å². The van der Waals surface area contributed by atoms with Crippen molar-refractivity contribution >= 4 is 49.7 Å². The number of carbonyl (C=O) groups is 3. The molecular formula is C43H41F4N7O8S. The van der Waals surface area contributed by atoms with E-state index in [4.69, 9.17) is 10.00 Å². The Morgan fingerprint density at radius 2 is 1.59 bits per heavy atom. The first-order valence-electron chi connectivity index (χ1n) is 19.5. The molecule has 63 heavy (non-hydrogen) atoms. The number of nitriles is 1. The van der Waals surface area contributed by atoms with E-state index in [1.165, 1.54) is 47.4 Å². The molecule has 0 bridgehead atoms. The predicted octanol–water partition coefficient (Wildman–Crippen LogP) is 4.51. The monoisotopic (exact) mass is 891 g/mol. The highest BCUT2D eigenvalue weighted by Crippen LogP contribution is 2.34. The Morgan fingerprint density at radius 1 is 0.921 bits per heavy atom. The van der Waals surface area contributed by atoms with E-state index in [1.807, 2.05) is 0 Å². The molecule has 330 valence electrons. The summed E-state index contributed by atoms with van der Waals surface area (Å²) in [6.07, 6.45) is -4.57. The Kier molecular flexibility index (Phi) is 13.9. The van der Waals surface area contributed by atoms with Crippen molar-refractivity contribution in [2.24, 2.45) is 0 Å². The summed E-state index contributed by atoms with van der Waals surface area (Å²) < 4.78 is 86.6. The molecule has 6 rings (SSSR count). The normalized spacial score (nSPS) is 14.2. The summed E-state index contributed by atoms with van der Waals surface area (Å²) in [5.41, 5.74) is -3.64. The van der Waals surface area contributed by atoms with Gasteiger partial charge in [0.1, 0.15) is 5.82 Å². The minimum Gasteiger partial charge on any atom is -0.383 e. The first kappa shape index (κ1) is 45.8. The average Bonchev–Trinajstić information content (AvgIpc) is 3.25. The molecule has 1 atom stereocenters. The number of fused-ring (bicyclic) bond motifs is 1. The van der Waals surface area contributed by atoms with E-state index in [1.54, 1.807) is 35.2 Å². The molecule has 5 aromatic rings. The molecule has 1 unspecified atom stereocenters. The topological polar surface area (TPSA) is 215 Å².